The first-order valence-corrected chi connectivity index (χ1v) is 4.24. The molecule has 2 amide bonds. The molecule has 0 aromatic carbocycles. The predicted molar refractivity (Wildman–Crippen MR) is 54.5 cm³/mol. The fraction of sp³-hybridized carbons (Fsp3) is 0.556. The van der Waals surface area contributed by atoms with E-state index in [9.17, 15) is 4.79 Å². The molecule has 0 rings (SSSR count). The zero-order chi connectivity index (χ0) is 10.3. The van der Waals surface area contributed by atoms with Crippen LogP contribution in [-0.2, 0) is 0 Å². The van der Waals surface area contributed by atoms with Crippen LogP contribution in [0.2, 0.25) is 0 Å². The Bertz CT molecular complexity index is 227. The van der Waals surface area contributed by atoms with Crippen LogP contribution in [0.3, 0.4) is 0 Å². The number of carbonyl (C=O) groups is 1. The van der Waals surface area contributed by atoms with Crippen molar-refractivity contribution in [2.45, 2.75) is 33.6 Å². The zero-order valence-electron chi connectivity index (χ0n) is 8.42. The number of hydrogen-bond acceptors (Lipinski definition) is 2. The smallest absolute Gasteiger partial charge is 0.332 e. The number of allylic oxidation sites excluding steroid dienone is 2. The summed E-state index contributed by atoms with van der Waals surface area (Å²) in [6.07, 6.45) is 3.91. The Labute approximate surface area is 78.9 Å². The Hall–Kier alpha value is -1.32. The van der Waals surface area contributed by atoms with Gasteiger partial charge in [-0.25, -0.2) is 10.2 Å². The maximum absolute atomic E-state index is 10.3. The van der Waals surface area contributed by atoms with Crippen LogP contribution < -0.4 is 11.2 Å². The highest BCUT2D eigenvalue weighted by Gasteiger charge is 1.91. The fourth-order valence-electron chi connectivity index (χ4n) is 0.776. The third-order valence-electron chi connectivity index (χ3n) is 1.42. The second kappa shape index (κ2) is 6.22. The van der Waals surface area contributed by atoms with Gasteiger partial charge in [0.1, 0.15) is 0 Å². The van der Waals surface area contributed by atoms with Gasteiger partial charge < -0.3 is 5.73 Å². The number of rotatable bonds is 4. The summed E-state index contributed by atoms with van der Waals surface area (Å²) in [5.41, 5.74) is 9.20. The van der Waals surface area contributed by atoms with Gasteiger partial charge in [-0.3, -0.25) is 0 Å². The second-order valence-corrected chi connectivity index (χ2v) is 3.14. The Kier molecular flexibility index (Phi) is 5.59. The van der Waals surface area contributed by atoms with Gasteiger partial charge in [-0.1, -0.05) is 11.6 Å². The van der Waals surface area contributed by atoms with Crippen LogP contribution >= 0.6 is 0 Å². The van der Waals surface area contributed by atoms with Gasteiger partial charge in [-0.05, 0) is 33.6 Å². The van der Waals surface area contributed by atoms with E-state index < -0.39 is 6.03 Å². The molecule has 0 heterocycles. The summed E-state index contributed by atoms with van der Waals surface area (Å²) in [5.74, 6) is 0. The Morgan fingerprint density at radius 2 is 2.08 bits per heavy atom. The molecular formula is C9H17N3O. The third-order valence-corrected chi connectivity index (χ3v) is 1.42. The van der Waals surface area contributed by atoms with Gasteiger partial charge in [0, 0.05) is 5.71 Å². The molecule has 0 atom stereocenters. The fourth-order valence-corrected chi connectivity index (χ4v) is 0.776. The largest absolute Gasteiger partial charge is 0.350 e. The molecule has 13 heavy (non-hydrogen) atoms. The summed E-state index contributed by atoms with van der Waals surface area (Å²) in [5, 5.41) is 3.78. The van der Waals surface area contributed by atoms with Crippen molar-refractivity contribution in [3.8, 4) is 0 Å². The monoisotopic (exact) mass is 183 g/mol. The molecule has 0 spiro atoms. The topological polar surface area (TPSA) is 67.5 Å². The van der Waals surface area contributed by atoms with Crippen molar-refractivity contribution in [3.63, 3.8) is 0 Å². The number of primary amides is 1. The van der Waals surface area contributed by atoms with Crippen molar-refractivity contribution in [2.24, 2.45) is 10.8 Å². The van der Waals surface area contributed by atoms with Gasteiger partial charge >= 0.3 is 6.03 Å². The Morgan fingerprint density at radius 3 is 2.54 bits per heavy atom. The van der Waals surface area contributed by atoms with E-state index >= 15 is 0 Å². The quantitative estimate of drug-likeness (QED) is 0.389. The van der Waals surface area contributed by atoms with Gasteiger partial charge in [-0.2, -0.15) is 5.10 Å². The first kappa shape index (κ1) is 11.7. The first-order chi connectivity index (χ1) is 6.02. The lowest BCUT2D eigenvalue weighted by Crippen LogP contribution is -2.25. The summed E-state index contributed by atoms with van der Waals surface area (Å²) in [4.78, 5) is 10.3. The van der Waals surface area contributed by atoms with Crippen molar-refractivity contribution in [3.05, 3.63) is 11.6 Å². The van der Waals surface area contributed by atoms with Crippen LogP contribution in [0.5, 0.6) is 0 Å². The summed E-state index contributed by atoms with van der Waals surface area (Å²) in [6, 6.07) is -0.624. The van der Waals surface area contributed by atoms with Crippen molar-refractivity contribution in [1.82, 2.24) is 5.43 Å². The van der Waals surface area contributed by atoms with Crippen LogP contribution in [0.15, 0.2) is 16.8 Å². The third kappa shape index (κ3) is 8.59. The number of carbonyl (C=O) groups excluding carboxylic acids is 1. The van der Waals surface area contributed by atoms with Gasteiger partial charge in [0.15, 0.2) is 0 Å². The zero-order valence-corrected chi connectivity index (χ0v) is 8.42. The average molecular weight is 183 g/mol. The van der Waals surface area contributed by atoms with E-state index in [0.29, 0.717) is 0 Å². The molecule has 0 radical (unpaired) electrons. The normalized spacial score (nSPS) is 10.8. The van der Waals surface area contributed by atoms with E-state index in [-0.39, 0.29) is 0 Å². The van der Waals surface area contributed by atoms with Crippen molar-refractivity contribution in [2.75, 3.05) is 0 Å². The molecule has 4 nitrogen and oxygen atoms in total. The summed E-state index contributed by atoms with van der Waals surface area (Å²) in [7, 11) is 0. The standard InChI is InChI=1S/C9H17N3O/c1-7(2)5-4-6-8(3)11-12-9(10)13/h5H,4,6H2,1-3H3,(H3,10,12,13). The molecule has 0 fully saturated rings. The van der Waals surface area contributed by atoms with Crippen LogP contribution in [0.25, 0.3) is 0 Å². The molecule has 0 saturated carbocycles. The number of urea groups is 1. The summed E-state index contributed by atoms with van der Waals surface area (Å²) >= 11 is 0. The maximum Gasteiger partial charge on any atom is 0.332 e. The van der Waals surface area contributed by atoms with Crippen LogP contribution in [0, 0.1) is 0 Å². The Morgan fingerprint density at radius 1 is 1.46 bits per heavy atom. The Balaban J connectivity index is 3.73. The van der Waals surface area contributed by atoms with Gasteiger partial charge in [0.2, 0.25) is 0 Å². The molecule has 0 aliphatic heterocycles. The van der Waals surface area contributed by atoms with Crippen LogP contribution in [0.1, 0.15) is 33.6 Å². The molecule has 0 bridgehead atoms. The van der Waals surface area contributed by atoms with Gasteiger partial charge in [-0.15, -0.1) is 0 Å². The lowest BCUT2D eigenvalue weighted by atomic mass is 10.2. The van der Waals surface area contributed by atoms with Gasteiger partial charge in [0.05, 0.1) is 0 Å². The lowest BCUT2D eigenvalue weighted by molar-refractivity contribution is 0.249. The number of nitrogens with zero attached hydrogens (tertiary/aromatic N) is 1. The van der Waals surface area contributed by atoms with E-state index in [4.69, 9.17) is 5.73 Å². The molecule has 0 unspecified atom stereocenters. The summed E-state index contributed by atoms with van der Waals surface area (Å²) < 4.78 is 0. The number of nitrogens with two attached hydrogens (primary N) is 1. The number of nitrogens with one attached hydrogen (secondary N) is 1. The molecular weight excluding hydrogens is 166 g/mol. The van der Waals surface area contributed by atoms with Crippen LogP contribution in [0.4, 0.5) is 4.79 Å². The molecule has 0 aliphatic rings. The first-order valence-electron chi connectivity index (χ1n) is 4.24. The average Bonchev–Trinajstić information content (AvgIpc) is 2.00. The van der Waals surface area contributed by atoms with E-state index in [1.807, 2.05) is 20.8 Å². The highest BCUT2D eigenvalue weighted by molar-refractivity contribution is 5.83. The van der Waals surface area contributed by atoms with Crippen molar-refractivity contribution < 1.29 is 4.79 Å². The maximum atomic E-state index is 10.3. The lowest BCUT2D eigenvalue weighted by Gasteiger charge is -1.97. The molecule has 0 aliphatic carbocycles. The molecule has 3 N–H and O–H groups in total. The SMILES string of the molecule is CC(C)=CCCC(C)=NNC(N)=O. The van der Waals surface area contributed by atoms with Crippen molar-refractivity contribution in [1.29, 1.82) is 0 Å². The van der Waals surface area contributed by atoms with Crippen LogP contribution in [-0.4, -0.2) is 11.7 Å². The number of hydrogen-bond donors (Lipinski definition) is 2. The van der Waals surface area contributed by atoms with E-state index in [1.165, 1.54) is 5.57 Å². The molecule has 74 valence electrons. The van der Waals surface area contributed by atoms with E-state index in [2.05, 4.69) is 16.6 Å². The van der Waals surface area contributed by atoms with E-state index in [0.717, 1.165) is 18.6 Å². The predicted octanol–water partition coefficient (Wildman–Crippen LogP) is 1.78. The minimum Gasteiger partial charge on any atom is -0.350 e. The second-order valence-electron chi connectivity index (χ2n) is 3.14. The number of hydrazone groups is 1. The molecule has 0 saturated heterocycles. The van der Waals surface area contributed by atoms with E-state index in [1.54, 1.807) is 0 Å². The molecule has 4 heteroatoms. The number of amides is 2. The highest BCUT2D eigenvalue weighted by atomic mass is 16.2. The van der Waals surface area contributed by atoms with Crippen molar-refractivity contribution >= 4 is 11.7 Å². The van der Waals surface area contributed by atoms with Gasteiger partial charge in [0.25, 0.3) is 0 Å². The highest BCUT2D eigenvalue weighted by Crippen LogP contribution is 1.98. The minimum atomic E-state index is -0.624. The molecule has 0 aromatic heterocycles. The molecule has 0 aromatic rings. The minimum absolute atomic E-state index is 0.624. The summed E-state index contributed by atoms with van der Waals surface area (Å²) in [6.45, 7) is 5.96.